The molecule has 0 aliphatic heterocycles. The molecule has 1 aromatic carbocycles. The van der Waals surface area contributed by atoms with Crippen molar-refractivity contribution in [3.05, 3.63) is 76.4 Å². The number of carbonyl (C=O) groups is 1. The largest absolute Gasteiger partial charge is 0.485 e. The molecule has 0 bridgehead atoms. The van der Waals surface area contributed by atoms with Crippen LogP contribution in [0, 0.1) is 6.92 Å². The smallest absolute Gasteiger partial charge is 0.291 e. The third-order valence-corrected chi connectivity index (χ3v) is 4.49. The van der Waals surface area contributed by atoms with E-state index in [0.29, 0.717) is 22.9 Å². The summed E-state index contributed by atoms with van der Waals surface area (Å²) < 4.78 is 14.1. The Labute approximate surface area is 171 Å². The molecule has 0 atom stereocenters. The minimum absolute atomic E-state index is 0.0486. The van der Waals surface area contributed by atoms with E-state index in [9.17, 15) is 9.59 Å². The molecule has 0 aliphatic carbocycles. The van der Waals surface area contributed by atoms with Crippen LogP contribution in [0.2, 0.25) is 0 Å². The van der Waals surface area contributed by atoms with Gasteiger partial charge in [0.05, 0.1) is 17.6 Å². The number of hydrogen-bond acceptors (Lipinski definition) is 6. The molecule has 9 heteroatoms. The molecule has 154 valence electrons. The second-order valence-corrected chi connectivity index (χ2v) is 7.14. The van der Waals surface area contributed by atoms with Gasteiger partial charge in [-0.2, -0.15) is 9.50 Å². The van der Waals surface area contributed by atoms with Gasteiger partial charge in [-0.3, -0.25) is 14.3 Å². The van der Waals surface area contributed by atoms with E-state index in [1.165, 1.54) is 16.8 Å². The topological polar surface area (TPSA) is 104 Å². The molecule has 3 aromatic heterocycles. The highest BCUT2D eigenvalue weighted by atomic mass is 16.5. The molecule has 3 heterocycles. The zero-order chi connectivity index (χ0) is 21.3. The first-order chi connectivity index (χ1) is 14.4. The van der Waals surface area contributed by atoms with Gasteiger partial charge in [-0.1, -0.05) is 6.07 Å². The number of nitrogens with one attached hydrogen (secondary N) is 1. The minimum Gasteiger partial charge on any atom is -0.485 e. The highest BCUT2D eigenvalue weighted by Gasteiger charge is 2.14. The molecule has 0 radical (unpaired) electrons. The monoisotopic (exact) mass is 407 g/mol. The van der Waals surface area contributed by atoms with Crippen molar-refractivity contribution in [1.29, 1.82) is 0 Å². The lowest BCUT2D eigenvalue weighted by Gasteiger charge is -2.13. The number of nitrogens with zero attached hydrogens (tertiary/aromatic N) is 4. The minimum atomic E-state index is -0.382. The number of benzene rings is 1. The maximum atomic E-state index is 12.5. The van der Waals surface area contributed by atoms with Crippen LogP contribution in [0.15, 0.2) is 58.2 Å². The van der Waals surface area contributed by atoms with E-state index in [1.807, 2.05) is 26.8 Å². The SMILES string of the molecule is Cc1ccc(OCc2cc(=O)n3c(ncn3C(C)C)n2)c(NC(=O)c2ccco2)c1. The van der Waals surface area contributed by atoms with Crippen LogP contribution >= 0.6 is 0 Å². The number of anilines is 1. The first kappa shape index (κ1) is 19.4. The predicted molar refractivity (Wildman–Crippen MR) is 110 cm³/mol. The highest BCUT2D eigenvalue weighted by molar-refractivity contribution is 6.03. The summed E-state index contributed by atoms with van der Waals surface area (Å²) in [6.07, 6.45) is 3.02. The molecule has 30 heavy (non-hydrogen) atoms. The van der Waals surface area contributed by atoms with Gasteiger partial charge in [0.1, 0.15) is 18.7 Å². The van der Waals surface area contributed by atoms with Crippen LogP contribution in [0.5, 0.6) is 5.75 Å². The van der Waals surface area contributed by atoms with E-state index in [2.05, 4.69) is 15.3 Å². The lowest BCUT2D eigenvalue weighted by atomic mass is 10.2. The maximum Gasteiger partial charge on any atom is 0.291 e. The predicted octanol–water partition coefficient (Wildman–Crippen LogP) is 3.20. The van der Waals surface area contributed by atoms with Crippen LogP contribution in [-0.2, 0) is 6.61 Å². The Morgan fingerprint density at radius 1 is 1.27 bits per heavy atom. The fraction of sp³-hybridized carbons (Fsp3) is 0.238. The normalized spacial score (nSPS) is 11.2. The van der Waals surface area contributed by atoms with Gasteiger partial charge in [-0.05, 0) is 50.6 Å². The van der Waals surface area contributed by atoms with Crippen molar-refractivity contribution in [2.45, 2.75) is 33.4 Å². The zero-order valence-corrected chi connectivity index (χ0v) is 16.8. The molecule has 1 N–H and O–H groups in total. The van der Waals surface area contributed by atoms with E-state index in [0.717, 1.165) is 5.56 Å². The summed E-state index contributed by atoms with van der Waals surface area (Å²) >= 11 is 0. The average molecular weight is 407 g/mol. The Bertz CT molecular complexity index is 1250. The van der Waals surface area contributed by atoms with E-state index < -0.39 is 0 Å². The number of hydrogen-bond donors (Lipinski definition) is 1. The van der Waals surface area contributed by atoms with E-state index in [-0.39, 0.29) is 29.9 Å². The van der Waals surface area contributed by atoms with Crippen LogP contribution < -0.4 is 15.6 Å². The van der Waals surface area contributed by atoms with Gasteiger partial charge in [0.2, 0.25) is 0 Å². The van der Waals surface area contributed by atoms with Crippen LogP contribution in [-0.4, -0.2) is 25.1 Å². The Balaban J connectivity index is 1.56. The average Bonchev–Trinajstić information content (AvgIpc) is 3.37. The molecule has 0 spiro atoms. The molecule has 0 saturated carbocycles. The third-order valence-electron chi connectivity index (χ3n) is 4.49. The van der Waals surface area contributed by atoms with Crippen molar-refractivity contribution in [3.8, 4) is 5.75 Å². The number of fused-ring (bicyclic) bond motifs is 1. The van der Waals surface area contributed by atoms with Crippen LogP contribution in [0.25, 0.3) is 5.78 Å². The fourth-order valence-corrected chi connectivity index (χ4v) is 3.02. The Kier molecular flexibility index (Phi) is 5.09. The second kappa shape index (κ2) is 7.86. The summed E-state index contributed by atoms with van der Waals surface area (Å²) in [4.78, 5) is 33.5. The number of furan rings is 1. The summed E-state index contributed by atoms with van der Waals surface area (Å²) in [6.45, 7) is 5.88. The first-order valence-corrected chi connectivity index (χ1v) is 9.46. The van der Waals surface area contributed by atoms with Crippen molar-refractivity contribution < 1.29 is 13.9 Å². The van der Waals surface area contributed by atoms with Crippen molar-refractivity contribution in [2.75, 3.05) is 5.32 Å². The molecule has 0 saturated heterocycles. The van der Waals surface area contributed by atoms with Crippen molar-refractivity contribution >= 4 is 17.4 Å². The number of aromatic nitrogens is 4. The molecular weight excluding hydrogens is 386 g/mol. The van der Waals surface area contributed by atoms with Gasteiger partial charge in [0, 0.05) is 12.1 Å². The second-order valence-electron chi connectivity index (χ2n) is 7.14. The van der Waals surface area contributed by atoms with Crippen molar-refractivity contribution in [2.24, 2.45) is 0 Å². The molecule has 9 nitrogen and oxygen atoms in total. The molecule has 4 aromatic rings. The lowest BCUT2D eigenvalue weighted by Crippen LogP contribution is -2.23. The first-order valence-electron chi connectivity index (χ1n) is 9.46. The third kappa shape index (κ3) is 3.82. The molecule has 1 amide bonds. The van der Waals surface area contributed by atoms with E-state index in [1.54, 1.807) is 35.3 Å². The van der Waals surface area contributed by atoms with E-state index in [4.69, 9.17) is 9.15 Å². The van der Waals surface area contributed by atoms with Crippen LogP contribution in [0.3, 0.4) is 0 Å². The fourth-order valence-electron chi connectivity index (χ4n) is 3.02. The summed E-state index contributed by atoms with van der Waals surface area (Å²) in [7, 11) is 0. The van der Waals surface area contributed by atoms with Crippen LogP contribution in [0.4, 0.5) is 5.69 Å². The number of aryl methyl sites for hydroxylation is 1. The zero-order valence-electron chi connectivity index (χ0n) is 16.8. The van der Waals surface area contributed by atoms with Crippen LogP contribution in [0.1, 0.15) is 41.7 Å². The van der Waals surface area contributed by atoms with Gasteiger partial charge in [0.15, 0.2) is 5.76 Å². The molecule has 0 unspecified atom stereocenters. The molecule has 4 rings (SSSR count). The van der Waals surface area contributed by atoms with Gasteiger partial charge in [0.25, 0.3) is 17.2 Å². The highest BCUT2D eigenvalue weighted by Crippen LogP contribution is 2.27. The van der Waals surface area contributed by atoms with Crippen molar-refractivity contribution in [3.63, 3.8) is 0 Å². The van der Waals surface area contributed by atoms with E-state index >= 15 is 0 Å². The number of ether oxygens (including phenoxy) is 1. The summed E-state index contributed by atoms with van der Waals surface area (Å²) in [5, 5.41) is 2.79. The number of amides is 1. The van der Waals surface area contributed by atoms with Gasteiger partial charge < -0.3 is 14.5 Å². The quantitative estimate of drug-likeness (QED) is 0.526. The maximum absolute atomic E-state index is 12.5. The summed E-state index contributed by atoms with van der Waals surface area (Å²) in [5.74, 6) is 0.580. The van der Waals surface area contributed by atoms with Gasteiger partial charge in [-0.25, -0.2) is 4.98 Å². The molecular formula is C21H21N5O4. The molecule has 0 fully saturated rings. The number of carbonyl (C=O) groups excluding carboxylic acids is 1. The van der Waals surface area contributed by atoms with Gasteiger partial charge in [-0.15, -0.1) is 0 Å². The Morgan fingerprint density at radius 3 is 2.83 bits per heavy atom. The number of rotatable bonds is 6. The Morgan fingerprint density at radius 2 is 2.10 bits per heavy atom. The Hall–Kier alpha value is -3.88. The molecule has 0 aliphatic rings. The van der Waals surface area contributed by atoms with Crippen molar-refractivity contribution in [1.82, 2.24) is 19.2 Å². The standard InChI is InChI=1S/C21H21N5O4/c1-13(2)25-12-22-21-23-15(10-19(27)26(21)25)11-30-17-7-6-14(3)9-16(17)24-20(28)18-5-4-8-29-18/h4-10,12-13H,11H2,1-3H3,(H,24,28). The summed E-state index contributed by atoms with van der Waals surface area (Å²) in [6, 6.07) is 10.1. The lowest BCUT2D eigenvalue weighted by molar-refractivity contribution is 0.0996. The summed E-state index contributed by atoms with van der Waals surface area (Å²) in [5.41, 5.74) is 1.66. The van der Waals surface area contributed by atoms with Gasteiger partial charge >= 0.3 is 0 Å².